The van der Waals surface area contributed by atoms with Crippen molar-refractivity contribution in [3.8, 4) is 6.07 Å². The minimum Gasteiger partial charge on any atom is -0.383 e. The van der Waals surface area contributed by atoms with Crippen LogP contribution in [0.1, 0.15) is 25.5 Å². The van der Waals surface area contributed by atoms with Crippen LogP contribution in [0.4, 0.5) is 5.82 Å². The Hall–Kier alpha value is -1.35. The number of methoxy groups -OCH3 is 1. The fourth-order valence-corrected chi connectivity index (χ4v) is 2.02. The van der Waals surface area contributed by atoms with Gasteiger partial charge in [0.1, 0.15) is 5.82 Å². The Morgan fingerprint density at radius 2 is 2.24 bits per heavy atom. The summed E-state index contributed by atoms with van der Waals surface area (Å²) < 4.78 is 5.11. The van der Waals surface area contributed by atoms with Crippen LogP contribution >= 0.6 is 11.6 Å². The highest BCUT2D eigenvalue weighted by Gasteiger charge is 2.10. The smallest absolute Gasteiger partial charge is 0.126 e. The van der Waals surface area contributed by atoms with Gasteiger partial charge in [0.25, 0.3) is 0 Å². The molecule has 116 valence electrons. The summed E-state index contributed by atoms with van der Waals surface area (Å²) in [6.45, 7) is 5.67. The van der Waals surface area contributed by atoms with E-state index in [9.17, 15) is 0 Å². The second-order valence-corrected chi connectivity index (χ2v) is 5.14. The maximum atomic E-state index is 8.74. The van der Waals surface area contributed by atoms with Crippen LogP contribution in [-0.4, -0.2) is 43.2 Å². The van der Waals surface area contributed by atoms with Gasteiger partial charge in [-0.2, -0.15) is 5.26 Å². The molecule has 0 saturated heterocycles. The molecule has 5 nitrogen and oxygen atoms in total. The third-order valence-corrected chi connectivity index (χ3v) is 3.34. The summed E-state index contributed by atoms with van der Waals surface area (Å²) in [4.78, 5) is 6.69. The zero-order chi connectivity index (χ0) is 15.5. The van der Waals surface area contributed by atoms with Crippen molar-refractivity contribution < 1.29 is 4.74 Å². The maximum Gasteiger partial charge on any atom is 0.126 e. The minimum atomic E-state index is 0.481. The minimum absolute atomic E-state index is 0.481. The summed E-state index contributed by atoms with van der Waals surface area (Å²) in [7, 11) is 1.67. The van der Waals surface area contributed by atoms with E-state index < -0.39 is 0 Å². The fourth-order valence-electron chi connectivity index (χ4n) is 1.86. The molecule has 0 aliphatic rings. The van der Waals surface area contributed by atoms with Crippen LogP contribution in [0.2, 0.25) is 5.02 Å². The van der Waals surface area contributed by atoms with Gasteiger partial charge in [0.15, 0.2) is 0 Å². The van der Waals surface area contributed by atoms with Crippen LogP contribution in [0.3, 0.4) is 0 Å². The Morgan fingerprint density at radius 3 is 2.90 bits per heavy atom. The normalized spacial score (nSPS) is 10.6. The molecule has 6 heteroatoms. The molecule has 0 aliphatic heterocycles. The Bertz CT molecular complexity index is 461. The summed E-state index contributed by atoms with van der Waals surface area (Å²) >= 11 is 6.23. The average molecular weight is 311 g/mol. The number of pyridine rings is 1. The van der Waals surface area contributed by atoms with Crippen LogP contribution in [0.5, 0.6) is 0 Å². The third-order valence-electron chi connectivity index (χ3n) is 3.00. The van der Waals surface area contributed by atoms with Crippen molar-refractivity contribution in [2.75, 3.05) is 38.7 Å². The molecule has 0 unspecified atom stereocenters. The van der Waals surface area contributed by atoms with Crippen molar-refractivity contribution in [3.05, 3.63) is 22.8 Å². The molecule has 0 fully saturated rings. The van der Waals surface area contributed by atoms with Gasteiger partial charge in [-0.25, -0.2) is 4.98 Å². The summed E-state index contributed by atoms with van der Waals surface area (Å²) in [5.41, 5.74) is 0.826. The van der Waals surface area contributed by atoms with Crippen LogP contribution in [0.15, 0.2) is 12.1 Å². The van der Waals surface area contributed by atoms with Gasteiger partial charge in [-0.15, -0.1) is 0 Å². The second kappa shape index (κ2) is 10.4. The molecular formula is C15H23ClN4O. The molecule has 0 bridgehead atoms. The van der Waals surface area contributed by atoms with E-state index >= 15 is 0 Å². The summed E-state index contributed by atoms with van der Waals surface area (Å²) in [6.07, 6.45) is 1.52. The van der Waals surface area contributed by atoms with Crippen LogP contribution < -0.4 is 5.32 Å². The first-order chi connectivity index (χ1) is 10.2. The molecule has 0 aliphatic carbocycles. The number of halogens is 1. The van der Waals surface area contributed by atoms with Crippen LogP contribution in [0, 0.1) is 11.3 Å². The number of nitrogens with zero attached hydrogens (tertiary/aromatic N) is 3. The highest BCUT2D eigenvalue weighted by molar-refractivity contribution is 6.31. The number of hydrogen-bond acceptors (Lipinski definition) is 5. The molecule has 21 heavy (non-hydrogen) atoms. The number of rotatable bonds is 10. The standard InChI is InChI=1S/C15H23ClN4O/c1-3-8-18-15-6-5-13(16)14(19-15)12-20(9-4-7-17)10-11-21-2/h5-6H,3-4,8-12H2,1-2H3,(H,18,19). The van der Waals surface area contributed by atoms with Gasteiger partial charge in [0, 0.05) is 39.7 Å². The lowest BCUT2D eigenvalue weighted by atomic mass is 10.3. The van der Waals surface area contributed by atoms with Gasteiger partial charge in [0.2, 0.25) is 0 Å². The number of aromatic nitrogens is 1. The van der Waals surface area contributed by atoms with E-state index in [1.807, 2.05) is 12.1 Å². The highest BCUT2D eigenvalue weighted by atomic mass is 35.5. The molecule has 1 N–H and O–H groups in total. The van der Waals surface area contributed by atoms with Gasteiger partial charge in [-0.05, 0) is 18.6 Å². The predicted octanol–water partition coefficient (Wildman–Crippen LogP) is 2.92. The lowest BCUT2D eigenvalue weighted by molar-refractivity contribution is 0.144. The third kappa shape index (κ3) is 6.76. The molecule has 1 heterocycles. The maximum absolute atomic E-state index is 8.74. The first-order valence-corrected chi connectivity index (χ1v) is 7.56. The van der Waals surface area contributed by atoms with E-state index in [2.05, 4.69) is 28.2 Å². The quantitative estimate of drug-likeness (QED) is 0.720. The molecule has 0 saturated carbocycles. The van der Waals surface area contributed by atoms with Gasteiger partial charge >= 0.3 is 0 Å². The molecule has 0 radical (unpaired) electrons. The lowest BCUT2D eigenvalue weighted by Crippen LogP contribution is -2.28. The lowest BCUT2D eigenvalue weighted by Gasteiger charge is -2.21. The monoisotopic (exact) mass is 310 g/mol. The molecule has 0 spiro atoms. The predicted molar refractivity (Wildman–Crippen MR) is 85.4 cm³/mol. The summed E-state index contributed by atoms with van der Waals surface area (Å²) in [5, 5.41) is 12.6. The number of hydrogen-bond donors (Lipinski definition) is 1. The zero-order valence-electron chi connectivity index (χ0n) is 12.7. The summed E-state index contributed by atoms with van der Waals surface area (Å²) in [5.74, 6) is 0.836. The zero-order valence-corrected chi connectivity index (χ0v) is 13.5. The van der Waals surface area contributed by atoms with Gasteiger partial charge in [-0.3, -0.25) is 4.90 Å². The van der Waals surface area contributed by atoms with E-state index in [0.29, 0.717) is 31.1 Å². The van der Waals surface area contributed by atoms with Gasteiger partial charge in [-0.1, -0.05) is 18.5 Å². The average Bonchev–Trinajstić information content (AvgIpc) is 2.50. The van der Waals surface area contributed by atoms with Gasteiger partial charge in [0.05, 0.1) is 23.4 Å². The molecule has 1 aromatic heterocycles. The van der Waals surface area contributed by atoms with Crippen molar-refractivity contribution in [3.63, 3.8) is 0 Å². The number of ether oxygens (including phenoxy) is 1. The van der Waals surface area contributed by atoms with Crippen molar-refractivity contribution in [2.24, 2.45) is 0 Å². The number of anilines is 1. The molecular weight excluding hydrogens is 288 g/mol. The first-order valence-electron chi connectivity index (χ1n) is 7.18. The largest absolute Gasteiger partial charge is 0.383 e. The molecule has 1 aromatic rings. The van der Waals surface area contributed by atoms with E-state index in [0.717, 1.165) is 31.0 Å². The SMILES string of the molecule is CCCNc1ccc(Cl)c(CN(CCC#N)CCOC)n1. The van der Waals surface area contributed by atoms with Crippen molar-refractivity contribution in [2.45, 2.75) is 26.3 Å². The van der Waals surface area contributed by atoms with Crippen molar-refractivity contribution >= 4 is 17.4 Å². The molecule has 1 rings (SSSR count). The van der Waals surface area contributed by atoms with Crippen molar-refractivity contribution in [1.29, 1.82) is 5.26 Å². The highest BCUT2D eigenvalue weighted by Crippen LogP contribution is 2.18. The number of nitrogens with one attached hydrogen (secondary N) is 1. The van der Waals surface area contributed by atoms with Crippen LogP contribution in [-0.2, 0) is 11.3 Å². The fraction of sp³-hybridized carbons (Fsp3) is 0.600. The Labute approximate surface area is 131 Å². The second-order valence-electron chi connectivity index (χ2n) is 4.73. The Morgan fingerprint density at radius 1 is 1.43 bits per heavy atom. The van der Waals surface area contributed by atoms with E-state index in [4.69, 9.17) is 21.6 Å². The Balaban J connectivity index is 2.73. The van der Waals surface area contributed by atoms with E-state index in [1.54, 1.807) is 7.11 Å². The summed E-state index contributed by atoms with van der Waals surface area (Å²) in [6, 6.07) is 5.91. The number of nitriles is 1. The van der Waals surface area contributed by atoms with E-state index in [-0.39, 0.29) is 0 Å². The van der Waals surface area contributed by atoms with Crippen molar-refractivity contribution in [1.82, 2.24) is 9.88 Å². The van der Waals surface area contributed by atoms with Crippen LogP contribution in [0.25, 0.3) is 0 Å². The van der Waals surface area contributed by atoms with E-state index in [1.165, 1.54) is 0 Å². The topological polar surface area (TPSA) is 61.2 Å². The molecule has 0 amide bonds. The first kappa shape index (κ1) is 17.7. The molecule has 0 atom stereocenters. The Kier molecular flexibility index (Phi) is 8.76. The molecule has 0 aromatic carbocycles. The van der Waals surface area contributed by atoms with Gasteiger partial charge < -0.3 is 10.1 Å².